The normalized spacial score (nSPS) is 22.3. The lowest BCUT2D eigenvalue weighted by molar-refractivity contribution is -0.0991. The second kappa shape index (κ2) is 19.2. The van der Waals surface area contributed by atoms with E-state index in [0.29, 0.717) is 22.6 Å². The van der Waals surface area contributed by atoms with E-state index in [1.54, 1.807) is 34.7 Å². The molecular formula is C45H56N4O13PSi+. The number of aryl methyl sites for hydroxylation is 2. The largest absolute Gasteiger partial charge is 0.497 e. The number of hydrogen-bond acceptors (Lipinski definition) is 13. The minimum atomic E-state index is -3.33. The first-order valence-electron chi connectivity index (χ1n) is 20.9. The summed E-state index contributed by atoms with van der Waals surface area (Å²) in [6, 6.07) is 25.0. The van der Waals surface area contributed by atoms with E-state index in [9.17, 15) is 24.3 Å². The molecule has 4 heterocycles. The zero-order chi connectivity index (χ0) is 46.0. The smallest absolute Gasteiger partial charge is 0.397 e. The van der Waals surface area contributed by atoms with Gasteiger partial charge in [-0.1, -0.05) is 54.6 Å². The van der Waals surface area contributed by atoms with E-state index in [2.05, 4.69) is 9.97 Å². The van der Waals surface area contributed by atoms with Crippen molar-refractivity contribution in [2.45, 2.75) is 88.8 Å². The third-order valence-corrected chi connectivity index (χ3v) is 16.0. The summed E-state index contributed by atoms with van der Waals surface area (Å²) in [5.74, 6) is 1.30. The van der Waals surface area contributed by atoms with Crippen LogP contribution in [-0.4, -0.2) is 91.0 Å². The zero-order valence-electron chi connectivity index (χ0n) is 37.1. The Balaban J connectivity index is 1.28. The number of aromatic nitrogens is 4. The molecule has 2 aliphatic rings. The van der Waals surface area contributed by atoms with Crippen molar-refractivity contribution in [3.05, 3.63) is 161 Å². The Bertz CT molecular complexity index is 2580. The van der Waals surface area contributed by atoms with Gasteiger partial charge in [-0.15, -0.1) is 0 Å². The van der Waals surface area contributed by atoms with Gasteiger partial charge in [-0.3, -0.25) is 28.7 Å². The number of hydrogen-bond donors (Lipinski definition) is 3. The molecule has 2 saturated heterocycles. The van der Waals surface area contributed by atoms with Crippen molar-refractivity contribution in [1.82, 2.24) is 19.1 Å². The second-order valence-corrected chi connectivity index (χ2v) is 23.9. The highest BCUT2D eigenvalue weighted by molar-refractivity contribution is 7.62. The predicted octanol–water partition coefficient (Wildman–Crippen LogP) is 5.31. The topological polar surface area (TPSA) is 204 Å². The lowest BCUT2D eigenvalue weighted by atomic mass is 9.79. The van der Waals surface area contributed by atoms with Crippen molar-refractivity contribution in [3.63, 3.8) is 0 Å². The molecule has 2 fully saturated rings. The third kappa shape index (κ3) is 10.1. The Morgan fingerprint density at radius 3 is 1.66 bits per heavy atom. The molecule has 19 heteroatoms. The molecule has 0 saturated carbocycles. The first-order valence-corrected chi connectivity index (χ1v) is 26.3. The molecule has 3 N–H and O–H groups in total. The SMILES string of the molecule is COc1ccc(C(O[C@@H]2C[C@H](n3cc(C)c(=O)[nH]c3=O)O[C@@H]2CO[P+](C)(O[C@@H]2C[C@H](n3cc(C)c(=O)[nH]c3=O)O[C@@H]2CO)O[Si](C)(C)C)(c2ccccc2)c2ccc(OC)cc2)cc1. The molecule has 17 nitrogen and oxygen atoms in total. The van der Waals surface area contributed by atoms with E-state index in [1.165, 1.54) is 21.5 Å². The number of methoxy groups -OCH3 is 2. The molecule has 1 unspecified atom stereocenters. The van der Waals surface area contributed by atoms with E-state index in [0.717, 1.165) is 16.7 Å². The van der Waals surface area contributed by atoms with Crippen LogP contribution in [0, 0.1) is 13.8 Å². The Hall–Kier alpha value is -5.01. The van der Waals surface area contributed by atoms with Crippen LogP contribution in [0.15, 0.2) is 110 Å². The van der Waals surface area contributed by atoms with Gasteiger partial charge < -0.3 is 28.8 Å². The van der Waals surface area contributed by atoms with Crippen LogP contribution < -0.4 is 32.0 Å². The summed E-state index contributed by atoms with van der Waals surface area (Å²) in [4.78, 5) is 55.6. The van der Waals surface area contributed by atoms with Gasteiger partial charge in [-0.2, -0.15) is 9.05 Å². The first kappa shape index (κ1) is 47.0. The van der Waals surface area contributed by atoms with Gasteiger partial charge in [0, 0.05) is 36.4 Å². The number of H-pyrrole nitrogens is 2. The molecule has 0 amide bonds. The fourth-order valence-electron chi connectivity index (χ4n) is 8.18. The van der Waals surface area contributed by atoms with Crippen LogP contribution in [0.4, 0.5) is 0 Å². The molecular weight excluding hydrogens is 864 g/mol. The van der Waals surface area contributed by atoms with E-state index < -0.39 is 87.8 Å². The molecule has 7 rings (SSSR count). The first-order chi connectivity index (χ1) is 30.4. The standard InChI is InChI=1S/C45H55N4O13PSi/c1-28-24-48(43(53)46-41(28)51)39-22-35(60-45(30-12-10-9-11-13-30,31-14-18-33(55-3)19-15-31)32-16-20-34(56-4)21-17-32)38(59-39)27-57-63(5,62-64(6,7)8)61-36-23-40(58-37(36)26-50)49-25-29(2)42(52)47-44(49)54/h9-21,24-25,35-40,50H,22-23,26-27H2,1-8H3,(H-,46,47,51,52,53,54)/p+1/t35-,36-,37-,38-,39-,40-,63?/m1/s1. The zero-order valence-corrected chi connectivity index (χ0v) is 39.0. The van der Waals surface area contributed by atoms with Crippen LogP contribution in [0.25, 0.3) is 0 Å². The number of benzene rings is 3. The second-order valence-electron chi connectivity index (χ2n) is 16.9. The minimum absolute atomic E-state index is 0.135. The number of nitrogens with zero attached hydrogens (tertiary/aromatic N) is 2. The third-order valence-electron chi connectivity index (χ3n) is 11.2. The lowest BCUT2D eigenvalue weighted by Gasteiger charge is -2.39. The molecule has 5 aromatic rings. The monoisotopic (exact) mass is 919 g/mol. The number of rotatable bonds is 17. The average Bonchev–Trinajstić information content (AvgIpc) is 3.87. The summed E-state index contributed by atoms with van der Waals surface area (Å²) in [6.45, 7) is 10.4. The van der Waals surface area contributed by atoms with Crippen LogP contribution in [-0.2, 0) is 33.1 Å². The van der Waals surface area contributed by atoms with E-state index in [4.69, 9.17) is 36.9 Å². The summed E-state index contributed by atoms with van der Waals surface area (Å²) in [5, 5.41) is 10.5. The summed E-state index contributed by atoms with van der Waals surface area (Å²) in [5.41, 5.74) is -0.606. The highest BCUT2D eigenvalue weighted by Crippen LogP contribution is 2.63. The van der Waals surface area contributed by atoms with Crippen molar-refractivity contribution >= 4 is 16.3 Å². The van der Waals surface area contributed by atoms with Gasteiger partial charge >= 0.3 is 19.3 Å². The molecule has 2 aromatic heterocycles. The van der Waals surface area contributed by atoms with Gasteiger partial charge in [0.2, 0.25) is 8.32 Å². The maximum Gasteiger partial charge on any atom is 0.397 e. The van der Waals surface area contributed by atoms with Crippen molar-refractivity contribution in [2.75, 3.05) is 34.1 Å². The Morgan fingerprint density at radius 2 is 1.19 bits per heavy atom. The van der Waals surface area contributed by atoms with Crippen LogP contribution in [0.3, 0.4) is 0 Å². The molecule has 0 aliphatic carbocycles. The van der Waals surface area contributed by atoms with Gasteiger partial charge in [-0.25, -0.2) is 13.8 Å². The number of aliphatic hydroxyl groups is 1. The van der Waals surface area contributed by atoms with Gasteiger partial charge in [0.1, 0.15) is 61.1 Å². The summed E-state index contributed by atoms with van der Waals surface area (Å²) in [7, 11) is -2.57. The van der Waals surface area contributed by atoms with Crippen LogP contribution in [0.1, 0.15) is 53.1 Å². The Morgan fingerprint density at radius 1 is 0.719 bits per heavy atom. The van der Waals surface area contributed by atoms with Gasteiger partial charge in [-0.05, 0) is 74.4 Å². The van der Waals surface area contributed by atoms with Crippen molar-refractivity contribution in [1.29, 1.82) is 0 Å². The van der Waals surface area contributed by atoms with Crippen molar-refractivity contribution < 1.29 is 42.1 Å². The van der Waals surface area contributed by atoms with Crippen molar-refractivity contribution in [3.8, 4) is 11.5 Å². The lowest BCUT2D eigenvalue weighted by Crippen LogP contribution is -2.41. The molecule has 0 radical (unpaired) electrons. The summed E-state index contributed by atoms with van der Waals surface area (Å²) < 4.78 is 54.4. The van der Waals surface area contributed by atoms with Crippen LogP contribution in [0.5, 0.6) is 11.5 Å². The van der Waals surface area contributed by atoms with Gasteiger partial charge in [0.05, 0.1) is 26.9 Å². The molecule has 2 aliphatic heterocycles. The molecule has 64 heavy (non-hydrogen) atoms. The van der Waals surface area contributed by atoms with Crippen LogP contribution in [0.2, 0.25) is 19.6 Å². The summed E-state index contributed by atoms with van der Waals surface area (Å²) >= 11 is 0. The molecule has 0 spiro atoms. The maximum atomic E-state index is 13.4. The number of aromatic amines is 2. The Kier molecular flexibility index (Phi) is 14.1. The van der Waals surface area contributed by atoms with Gasteiger partial charge in [0.15, 0.2) is 0 Å². The predicted molar refractivity (Wildman–Crippen MR) is 242 cm³/mol. The average molecular weight is 920 g/mol. The van der Waals surface area contributed by atoms with E-state index in [1.807, 2.05) is 98.5 Å². The van der Waals surface area contributed by atoms with Gasteiger partial charge in [0.25, 0.3) is 11.1 Å². The quantitative estimate of drug-likeness (QED) is 0.0616. The summed E-state index contributed by atoms with van der Waals surface area (Å²) in [6.07, 6.45) is -1.87. The Labute approximate surface area is 371 Å². The number of aliphatic hydroxyl groups excluding tert-OH is 1. The number of ether oxygens (including phenoxy) is 5. The minimum Gasteiger partial charge on any atom is -0.497 e. The molecule has 3 aromatic carbocycles. The number of nitrogens with one attached hydrogen (secondary N) is 2. The van der Waals surface area contributed by atoms with Crippen molar-refractivity contribution in [2.24, 2.45) is 0 Å². The molecule has 342 valence electrons. The molecule has 7 atom stereocenters. The fourth-order valence-corrected chi connectivity index (χ4v) is 13.7. The fraction of sp³-hybridized carbons (Fsp3) is 0.422. The highest BCUT2D eigenvalue weighted by Gasteiger charge is 2.53. The highest BCUT2D eigenvalue weighted by atomic mass is 31.2. The maximum absolute atomic E-state index is 13.4. The van der Waals surface area contributed by atoms with E-state index in [-0.39, 0.29) is 19.4 Å². The van der Waals surface area contributed by atoms with E-state index >= 15 is 0 Å². The van der Waals surface area contributed by atoms with Crippen LogP contribution >= 0.6 is 7.94 Å². The molecule has 0 bridgehead atoms.